The smallest absolute Gasteiger partial charge is 0.249 e. The summed E-state index contributed by atoms with van der Waals surface area (Å²) in [5.74, 6) is 1.64. The quantitative estimate of drug-likeness (QED) is 0.731. The summed E-state index contributed by atoms with van der Waals surface area (Å²) in [5, 5.41) is 0. The van der Waals surface area contributed by atoms with Crippen LogP contribution in [0.1, 0.15) is 11.5 Å². The number of likely N-dealkylation sites (N-methyl/N-ethyl adjacent to an activating group) is 1. The van der Waals surface area contributed by atoms with Crippen LogP contribution in [-0.4, -0.2) is 56.6 Å². The fourth-order valence-electron chi connectivity index (χ4n) is 1.59. The summed E-state index contributed by atoms with van der Waals surface area (Å²) in [7, 11) is 5.49. The Labute approximate surface area is 108 Å². The summed E-state index contributed by atoms with van der Waals surface area (Å²) >= 11 is 0. The monoisotopic (exact) mass is 254 g/mol. The number of hydrogen-bond donors (Lipinski definition) is 0. The van der Waals surface area contributed by atoms with E-state index in [9.17, 15) is 4.79 Å². The van der Waals surface area contributed by atoms with Gasteiger partial charge in [-0.1, -0.05) is 0 Å². The van der Waals surface area contributed by atoms with E-state index in [2.05, 4.69) is 0 Å². The van der Waals surface area contributed by atoms with Crippen LogP contribution in [0.2, 0.25) is 0 Å². The molecular weight excluding hydrogens is 232 g/mol. The zero-order valence-corrected chi connectivity index (χ0v) is 11.6. The molecule has 0 aromatic carbocycles. The molecule has 18 heavy (non-hydrogen) atoms. The summed E-state index contributed by atoms with van der Waals surface area (Å²) in [6.45, 7) is 3.96. The number of ether oxygens (including phenoxy) is 1. The first-order valence-electron chi connectivity index (χ1n) is 5.99. The molecule has 0 aliphatic carbocycles. The highest BCUT2D eigenvalue weighted by atomic mass is 16.5. The van der Waals surface area contributed by atoms with Gasteiger partial charge >= 0.3 is 0 Å². The second-order valence-electron chi connectivity index (χ2n) is 4.56. The molecule has 1 aromatic heterocycles. The van der Waals surface area contributed by atoms with Gasteiger partial charge in [0.25, 0.3) is 0 Å². The Balaban J connectivity index is 2.61. The summed E-state index contributed by atoms with van der Waals surface area (Å²) in [5.41, 5.74) is 0. The van der Waals surface area contributed by atoms with Crippen LogP contribution in [0, 0.1) is 6.92 Å². The minimum atomic E-state index is -0.0200. The van der Waals surface area contributed by atoms with E-state index in [1.807, 2.05) is 38.1 Å². The van der Waals surface area contributed by atoms with Crippen LogP contribution in [0.15, 0.2) is 16.5 Å². The molecule has 5 heteroatoms. The van der Waals surface area contributed by atoms with E-state index in [0.29, 0.717) is 13.1 Å². The maximum absolute atomic E-state index is 11.9. The molecule has 102 valence electrons. The lowest BCUT2D eigenvalue weighted by Gasteiger charge is -2.23. The highest BCUT2D eigenvalue weighted by Gasteiger charge is 2.15. The third-order valence-electron chi connectivity index (χ3n) is 2.58. The molecular formula is C13H22N2O3. The Kier molecular flexibility index (Phi) is 5.88. The van der Waals surface area contributed by atoms with Gasteiger partial charge in [-0.2, -0.15) is 0 Å². The molecule has 0 atom stereocenters. The molecule has 0 fully saturated rings. The Morgan fingerprint density at radius 1 is 1.33 bits per heavy atom. The molecule has 1 aromatic rings. The van der Waals surface area contributed by atoms with Crippen LogP contribution in [0.5, 0.6) is 0 Å². The van der Waals surface area contributed by atoms with Gasteiger partial charge in [-0.25, -0.2) is 0 Å². The van der Waals surface area contributed by atoms with Crippen molar-refractivity contribution in [1.29, 1.82) is 0 Å². The number of aryl methyl sites for hydroxylation is 1. The number of rotatable bonds is 7. The molecule has 5 nitrogen and oxygen atoms in total. The number of methoxy groups -OCH3 is 1. The zero-order valence-electron chi connectivity index (χ0n) is 11.6. The van der Waals surface area contributed by atoms with E-state index in [1.54, 1.807) is 4.90 Å². The molecule has 0 saturated heterocycles. The number of amides is 1. The standard InChI is InChI=1S/C13H22N2O3/c1-11-5-6-12(18-11)9-15(8-7-14(2)3)13(16)10-17-4/h5-6H,7-10H2,1-4H3. The average Bonchev–Trinajstić information content (AvgIpc) is 2.70. The molecule has 0 aliphatic heterocycles. The van der Waals surface area contributed by atoms with Gasteiger partial charge in [0.05, 0.1) is 6.54 Å². The lowest BCUT2D eigenvalue weighted by Crippen LogP contribution is -2.38. The van der Waals surface area contributed by atoms with Crippen molar-refractivity contribution in [1.82, 2.24) is 9.80 Å². The first kappa shape index (κ1) is 14.7. The van der Waals surface area contributed by atoms with Crippen molar-refractivity contribution < 1.29 is 13.9 Å². The minimum Gasteiger partial charge on any atom is -0.464 e. The molecule has 1 rings (SSSR count). The second kappa shape index (κ2) is 7.18. The SMILES string of the molecule is COCC(=O)N(CCN(C)C)Cc1ccc(C)o1. The summed E-state index contributed by atoms with van der Waals surface area (Å²) < 4.78 is 10.4. The number of hydrogen-bond acceptors (Lipinski definition) is 4. The molecule has 0 spiro atoms. The van der Waals surface area contributed by atoms with Crippen molar-refractivity contribution in [2.75, 3.05) is 40.9 Å². The number of nitrogens with zero attached hydrogens (tertiary/aromatic N) is 2. The van der Waals surface area contributed by atoms with E-state index in [1.165, 1.54) is 7.11 Å². The lowest BCUT2D eigenvalue weighted by molar-refractivity contribution is -0.136. The largest absolute Gasteiger partial charge is 0.464 e. The van der Waals surface area contributed by atoms with Crippen LogP contribution < -0.4 is 0 Å². The Bertz CT molecular complexity index is 374. The van der Waals surface area contributed by atoms with E-state index >= 15 is 0 Å². The van der Waals surface area contributed by atoms with Gasteiger partial charge in [-0.05, 0) is 33.2 Å². The molecule has 0 saturated carbocycles. The normalized spacial score (nSPS) is 10.9. The van der Waals surface area contributed by atoms with Gasteiger partial charge in [0.2, 0.25) is 5.91 Å². The van der Waals surface area contributed by atoms with E-state index in [4.69, 9.17) is 9.15 Å². The highest BCUT2D eigenvalue weighted by Crippen LogP contribution is 2.09. The van der Waals surface area contributed by atoms with E-state index in [0.717, 1.165) is 18.1 Å². The van der Waals surface area contributed by atoms with Crippen molar-refractivity contribution >= 4 is 5.91 Å². The fraction of sp³-hybridized carbons (Fsp3) is 0.615. The number of furan rings is 1. The van der Waals surface area contributed by atoms with Gasteiger partial charge in [0.15, 0.2) is 0 Å². The van der Waals surface area contributed by atoms with Crippen molar-refractivity contribution in [2.24, 2.45) is 0 Å². The Morgan fingerprint density at radius 3 is 2.56 bits per heavy atom. The summed E-state index contributed by atoms with van der Waals surface area (Å²) in [4.78, 5) is 15.7. The predicted molar refractivity (Wildman–Crippen MR) is 69.3 cm³/mol. The van der Waals surface area contributed by atoms with Crippen LogP contribution in [0.3, 0.4) is 0 Å². The third-order valence-corrected chi connectivity index (χ3v) is 2.58. The van der Waals surface area contributed by atoms with Gasteiger partial charge in [-0.3, -0.25) is 4.79 Å². The van der Waals surface area contributed by atoms with Gasteiger partial charge < -0.3 is 19.0 Å². The molecule has 0 N–H and O–H groups in total. The second-order valence-corrected chi connectivity index (χ2v) is 4.56. The maximum atomic E-state index is 11.9. The number of carbonyl (C=O) groups excluding carboxylic acids is 1. The van der Waals surface area contributed by atoms with Crippen LogP contribution in [-0.2, 0) is 16.1 Å². The minimum absolute atomic E-state index is 0.0200. The van der Waals surface area contributed by atoms with Crippen LogP contribution in [0.25, 0.3) is 0 Å². The molecule has 1 heterocycles. The molecule has 0 bridgehead atoms. The van der Waals surface area contributed by atoms with Gasteiger partial charge in [-0.15, -0.1) is 0 Å². The third kappa shape index (κ3) is 4.89. The maximum Gasteiger partial charge on any atom is 0.249 e. The van der Waals surface area contributed by atoms with Gasteiger partial charge in [0.1, 0.15) is 18.1 Å². The molecule has 0 aliphatic rings. The molecule has 0 unspecified atom stereocenters. The average molecular weight is 254 g/mol. The summed E-state index contributed by atoms with van der Waals surface area (Å²) in [6, 6.07) is 3.80. The summed E-state index contributed by atoms with van der Waals surface area (Å²) in [6.07, 6.45) is 0. The Hall–Kier alpha value is -1.33. The van der Waals surface area contributed by atoms with E-state index < -0.39 is 0 Å². The van der Waals surface area contributed by atoms with Crippen molar-refractivity contribution in [3.05, 3.63) is 23.7 Å². The van der Waals surface area contributed by atoms with E-state index in [-0.39, 0.29) is 12.5 Å². The molecule has 1 amide bonds. The molecule has 0 radical (unpaired) electrons. The zero-order chi connectivity index (χ0) is 13.5. The predicted octanol–water partition coefficient (Wildman–Crippen LogP) is 1.12. The van der Waals surface area contributed by atoms with Gasteiger partial charge in [0, 0.05) is 20.2 Å². The first-order chi connectivity index (χ1) is 8.52. The topological polar surface area (TPSA) is 45.9 Å². The van der Waals surface area contributed by atoms with Crippen LogP contribution >= 0.6 is 0 Å². The fourth-order valence-corrected chi connectivity index (χ4v) is 1.59. The first-order valence-corrected chi connectivity index (χ1v) is 5.99. The lowest BCUT2D eigenvalue weighted by atomic mass is 10.3. The number of carbonyl (C=O) groups is 1. The van der Waals surface area contributed by atoms with Crippen molar-refractivity contribution in [3.63, 3.8) is 0 Å². The van der Waals surface area contributed by atoms with Crippen molar-refractivity contribution in [2.45, 2.75) is 13.5 Å². The Morgan fingerprint density at radius 2 is 2.06 bits per heavy atom. The highest BCUT2D eigenvalue weighted by molar-refractivity contribution is 5.77. The van der Waals surface area contributed by atoms with Crippen LogP contribution in [0.4, 0.5) is 0 Å². The van der Waals surface area contributed by atoms with Crippen molar-refractivity contribution in [3.8, 4) is 0 Å².